The first-order valence-corrected chi connectivity index (χ1v) is 7.24. The third-order valence-electron chi connectivity index (χ3n) is 3.12. The van der Waals surface area contributed by atoms with Gasteiger partial charge in [0.2, 0.25) is 0 Å². The van der Waals surface area contributed by atoms with Gasteiger partial charge < -0.3 is 15.3 Å². The highest BCUT2D eigenvalue weighted by atomic mass is 35.5. The molecule has 1 rings (SSSR count). The fourth-order valence-corrected chi connectivity index (χ4v) is 2.10. The quantitative estimate of drug-likeness (QED) is 0.760. The number of carbonyl (C=O) groups is 2. The van der Waals surface area contributed by atoms with Gasteiger partial charge >= 0.3 is 12.0 Å². The zero-order chi connectivity index (χ0) is 15.8. The second kappa shape index (κ2) is 8.52. The van der Waals surface area contributed by atoms with Gasteiger partial charge in [-0.25, -0.2) is 4.79 Å². The normalized spacial score (nSPS) is 11.8. The number of carbonyl (C=O) groups excluding carboxylic acids is 1. The fourth-order valence-electron chi connectivity index (χ4n) is 1.89. The zero-order valence-electron chi connectivity index (χ0n) is 12.3. The van der Waals surface area contributed by atoms with Crippen molar-refractivity contribution in [2.75, 3.05) is 20.1 Å². The molecule has 0 saturated heterocycles. The number of halogens is 1. The number of nitrogens with zero attached hydrogens (tertiary/aromatic N) is 1. The Morgan fingerprint density at radius 1 is 1.43 bits per heavy atom. The molecule has 2 N–H and O–H groups in total. The molecule has 5 nitrogen and oxygen atoms in total. The van der Waals surface area contributed by atoms with E-state index in [2.05, 4.69) is 5.32 Å². The summed E-state index contributed by atoms with van der Waals surface area (Å²) in [5, 5.41) is 12.3. The standard InChI is InChI=1S/C15H21ClN2O3/c1-11(14(19)20)10-18(2)15(21)17-8-4-6-12-5-3-7-13(16)9-12/h3,5,7,9,11H,4,6,8,10H2,1-2H3,(H,17,21)(H,19,20). The SMILES string of the molecule is CC(CN(C)C(=O)NCCCc1cccc(Cl)c1)C(=O)O. The lowest BCUT2D eigenvalue weighted by Gasteiger charge is -2.20. The molecule has 0 bridgehead atoms. The van der Waals surface area contributed by atoms with Crippen LogP contribution in [0.1, 0.15) is 18.9 Å². The van der Waals surface area contributed by atoms with Gasteiger partial charge in [0.25, 0.3) is 0 Å². The highest BCUT2D eigenvalue weighted by Crippen LogP contribution is 2.11. The summed E-state index contributed by atoms with van der Waals surface area (Å²) in [4.78, 5) is 23.9. The number of aliphatic carboxylic acids is 1. The lowest BCUT2D eigenvalue weighted by molar-refractivity contribution is -0.141. The number of amides is 2. The minimum absolute atomic E-state index is 0.190. The third kappa shape index (κ3) is 6.49. The molecular formula is C15H21ClN2O3. The summed E-state index contributed by atoms with van der Waals surface area (Å²) < 4.78 is 0. The van der Waals surface area contributed by atoms with Crippen molar-refractivity contribution >= 4 is 23.6 Å². The largest absolute Gasteiger partial charge is 0.481 e. The van der Waals surface area contributed by atoms with Gasteiger partial charge in [-0.15, -0.1) is 0 Å². The van der Waals surface area contributed by atoms with Gasteiger partial charge in [0.1, 0.15) is 0 Å². The number of urea groups is 1. The van der Waals surface area contributed by atoms with E-state index in [1.54, 1.807) is 14.0 Å². The molecule has 116 valence electrons. The van der Waals surface area contributed by atoms with Crippen molar-refractivity contribution in [2.24, 2.45) is 5.92 Å². The van der Waals surface area contributed by atoms with Crippen molar-refractivity contribution in [3.8, 4) is 0 Å². The van der Waals surface area contributed by atoms with Gasteiger partial charge in [-0.1, -0.05) is 30.7 Å². The Hall–Kier alpha value is -1.75. The minimum atomic E-state index is -0.907. The molecule has 0 aromatic heterocycles. The first-order chi connectivity index (χ1) is 9.90. The summed E-state index contributed by atoms with van der Waals surface area (Å²) >= 11 is 5.90. The fraction of sp³-hybridized carbons (Fsp3) is 0.467. The highest BCUT2D eigenvalue weighted by Gasteiger charge is 2.16. The number of carboxylic acid groups (broad SMARTS) is 1. The second-order valence-corrected chi connectivity index (χ2v) is 5.52. The third-order valence-corrected chi connectivity index (χ3v) is 3.36. The van der Waals surface area contributed by atoms with E-state index < -0.39 is 11.9 Å². The van der Waals surface area contributed by atoms with Crippen LogP contribution >= 0.6 is 11.6 Å². The lowest BCUT2D eigenvalue weighted by Crippen LogP contribution is -2.41. The van der Waals surface area contributed by atoms with Gasteiger partial charge in [-0.05, 0) is 30.5 Å². The molecule has 1 aromatic rings. The Labute approximate surface area is 129 Å². The summed E-state index contributed by atoms with van der Waals surface area (Å²) in [6.45, 7) is 2.30. The summed E-state index contributed by atoms with van der Waals surface area (Å²) in [5.74, 6) is -1.48. The van der Waals surface area contributed by atoms with E-state index in [-0.39, 0.29) is 12.6 Å². The van der Waals surface area contributed by atoms with Crippen LogP contribution in [-0.2, 0) is 11.2 Å². The van der Waals surface area contributed by atoms with Crippen molar-refractivity contribution in [3.05, 3.63) is 34.9 Å². The molecule has 0 aliphatic rings. The van der Waals surface area contributed by atoms with Crippen LogP contribution in [0.5, 0.6) is 0 Å². The Balaban J connectivity index is 2.25. The number of carboxylic acids is 1. The van der Waals surface area contributed by atoms with Crippen LogP contribution in [0.4, 0.5) is 4.79 Å². The molecule has 21 heavy (non-hydrogen) atoms. The van der Waals surface area contributed by atoms with Crippen molar-refractivity contribution in [1.82, 2.24) is 10.2 Å². The molecule has 0 saturated carbocycles. The van der Waals surface area contributed by atoms with Crippen molar-refractivity contribution in [1.29, 1.82) is 0 Å². The molecule has 2 amide bonds. The van der Waals surface area contributed by atoms with E-state index in [0.717, 1.165) is 18.4 Å². The molecule has 0 heterocycles. The predicted octanol–water partition coefficient (Wildman–Crippen LogP) is 2.63. The van der Waals surface area contributed by atoms with Crippen molar-refractivity contribution in [2.45, 2.75) is 19.8 Å². The van der Waals surface area contributed by atoms with Crippen LogP contribution in [0.15, 0.2) is 24.3 Å². The van der Waals surface area contributed by atoms with Gasteiger partial charge in [0.05, 0.1) is 5.92 Å². The van der Waals surface area contributed by atoms with Gasteiger partial charge in [-0.2, -0.15) is 0 Å². The lowest BCUT2D eigenvalue weighted by atomic mass is 10.1. The van der Waals surface area contributed by atoms with Crippen molar-refractivity contribution < 1.29 is 14.7 Å². The molecule has 0 fully saturated rings. The molecule has 1 atom stereocenters. The van der Waals surface area contributed by atoms with Crippen LogP contribution < -0.4 is 5.32 Å². The van der Waals surface area contributed by atoms with Gasteiger partial charge in [0, 0.05) is 25.2 Å². The summed E-state index contributed by atoms with van der Waals surface area (Å²) in [7, 11) is 1.59. The first kappa shape index (κ1) is 17.3. The number of aryl methyl sites for hydroxylation is 1. The van der Waals surface area contributed by atoms with Crippen molar-refractivity contribution in [3.63, 3.8) is 0 Å². The monoisotopic (exact) mass is 312 g/mol. The van der Waals surface area contributed by atoms with Gasteiger partial charge in [-0.3, -0.25) is 4.79 Å². The van der Waals surface area contributed by atoms with E-state index in [1.807, 2.05) is 24.3 Å². The molecule has 1 unspecified atom stereocenters. The summed E-state index contributed by atoms with van der Waals surface area (Å²) in [6, 6.07) is 7.37. The number of benzene rings is 1. The molecule has 0 aliphatic heterocycles. The maximum absolute atomic E-state index is 11.8. The molecule has 0 spiro atoms. The van der Waals surface area contributed by atoms with Crippen LogP contribution in [0.3, 0.4) is 0 Å². The van der Waals surface area contributed by atoms with Crippen LogP contribution in [-0.4, -0.2) is 42.1 Å². The Bertz CT molecular complexity index is 494. The average molecular weight is 313 g/mol. The van der Waals surface area contributed by atoms with E-state index in [4.69, 9.17) is 16.7 Å². The van der Waals surface area contributed by atoms with E-state index >= 15 is 0 Å². The summed E-state index contributed by atoms with van der Waals surface area (Å²) in [5.41, 5.74) is 1.13. The highest BCUT2D eigenvalue weighted by molar-refractivity contribution is 6.30. The van der Waals surface area contributed by atoms with E-state index in [0.29, 0.717) is 11.6 Å². The maximum Gasteiger partial charge on any atom is 0.317 e. The molecule has 0 aliphatic carbocycles. The van der Waals surface area contributed by atoms with E-state index in [1.165, 1.54) is 4.90 Å². The number of hydrogen-bond donors (Lipinski definition) is 2. The number of hydrogen-bond acceptors (Lipinski definition) is 2. The van der Waals surface area contributed by atoms with Crippen LogP contribution in [0.2, 0.25) is 5.02 Å². The molecule has 1 aromatic carbocycles. The Kier molecular flexibility index (Phi) is 7.02. The maximum atomic E-state index is 11.8. The molecular weight excluding hydrogens is 292 g/mol. The molecule has 0 radical (unpaired) electrons. The topological polar surface area (TPSA) is 69.6 Å². The zero-order valence-corrected chi connectivity index (χ0v) is 13.1. The molecule has 6 heteroatoms. The van der Waals surface area contributed by atoms with Crippen LogP contribution in [0, 0.1) is 5.92 Å². The first-order valence-electron chi connectivity index (χ1n) is 6.86. The van der Waals surface area contributed by atoms with E-state index in [9.17, 15) is 9.59 Å². The Morgan fingerprint density at radius 2 is 2.14 bits per heavy atom. The van der Waals surface area contributed by atoms with Gasteiger partial charge in [0.15, 0.2) is 0 Å². The summed E-state index contributed by atoms with van der Waals surface area (Å²) in [6.07, 6.45) is 1.63. The average Bonchev–Trinajstić information content (AvgIpc) is 2.43. The second-order valence-electron chi connectivity index (χ2n) is 5.09. The number of nitrogens with one attached hydrogen (secondary N) is 1. The predicted molar refractivity (Wildman–Crippen MR) is 82.6 cm³/mol. The Morgan fingerprint density at radius 3 is 2.76 bits per heavy atom. The smallest absolute Gasteiger partial charge is 0.317 e. The number of rotatable bonds is 7. The van der Waals surface area contributed by atoms with Crippen LogP contribution in [0.25, 0.3) is 0 Å². The minimum Gasteiger partial charge on any atom is -0.481 e.